The lowest BCUT2D eigenvalue weighted by molar-refractivity contribution is -0.118. The first-order chi connectivity index (χ1) is 8.65. The molecule has 0 heterocycles. The normalized spacial score (nSPS) is 16.3. The molecule has 1 aliphatic rings. The highest BCUT2D eigenvalue weighted by Crippen LogP contribution is 2.27. The first-order valence-corrected chi connectivity index (χ1v) is 7.80. The topological polar surface area (TPSA) is 46.2 Å². The minimum absolute atomic E-state index is 0.0891. The number of hydrogen-bond acceptors (Lipinski definition) is 2. The van der Waals surface area contributed by atoms with Crippen molar-refractivity contribution in [2.24, 2.45) is 5.92 Å². The quantitative estimate of drug-likeness (QED) is 0.852. The van der Waals surface area contributed by atoms with Crippen LogP contribution in [0, 0.1) is 12.8 Å². The molecule has 1 unspecified atom stereocenters. The molecule has 1 aromatic carbocycles. The van der Waals surface area contributed by atoms with Crippen LogP contribution < -0.4 is 5.32 Å². The first-order valence-electron chi connectivity index (χ1n) is 6.31. The SMILES string of the molecule is Cc1ccccc1CS(=O)CC(=O)NCC1CC1. The van der Waals surface area contributed by atoms with Gasteiger partial charge in [-0.1, -0.05) is 24.3 Å². The van der Waals surface area contributed by atoms with E-state index in [1.54, 1.807) is 0 Å². The van der Waals surface area contributed by atoms with E-state index in [0.717, 1.165) is 17.7 Å². The van der Waals surface area contributed by atoms with Gasteiger partial charge in [-0.15, -0.1) is 0 Å². The maximum absolute atomic E-state index is 11.9. The number of aryl methyl sites for hydroxylation is 1. The summed E-state index contributed by atoms with van der Waals surface area (Å²) in [6.07, 6.45) is 2.43. The highest BCUT2D eigenvalue weighted by atomic mass is 32.2. The van der Waals surface area contributed by atoms with Gasteiger partial charge in [0.1, 0.15) is 5.75 Å². The molecule has 0 radical (unpaired) electrons. The van der Waals surface area contributed by atoms with Crippen molar-refractivity contribution in [3.05, 3.63) is 35.4 Å². The molecule has 1 aromatic rings. The Bertz CT molecular complexity index is 455. The molecule has 0 spiro atoms. The Morgan fingerprint density at radius 3 is 2.78 bits per heavy atom. The summed E-state index contributed by atoms with van der Waals surface area (Å²) in [5.41, 5.74) is 2.19. The molecule has 1 N–H and O–H groups in total. The molecule has 2 rings (SSSR count). The molecule has 1 fully saturated rings. The maximum Gasteiger partial charge on any atom is 0.232 e. The van der Waals surface area contributed by atoms with Crippen molar-refractivity contribution in [3.63, 3.8) is 0 Å². The zero-order chi connectivity index (χ0) is 13.0. The van der Waals surface area contributed by atoms with E-state index in [9.17, 15) is 9.00 Å². The number of rotatable bonds is 6. The van der Waals surface area contributed by atoms with Crippen LogP contribution in [0.25, 0.3) is 0 Å². The van der Waals surface area contributed by atoms with Crippen LogP contribution in [0.15, 0.2) is 24.3 Å². The van der Waals surface area contributed by atoms with Crippen molar-refractivity contribution in [1.29, 1.82) is 0 Å². The van der Waals surface area contributed by atoms with Gasteiger partial charge in [0.2, 0.25) is 5.91 Å². The number of benzene rings is 1. The highest BCUT2D eigenvalue weighted by molar-refractivity contribution is 7.84. The van der Waals surface area contributed by atoms with Crippen LogP contribution >= 0.6 is 0 Å². The summed E-state index contributed by atoms with van der Waals surface area (Å²) in [7, 11) is -1.12. The van der Waals surface area contributed by atoms with Gasteiger partial charge in [-0.25, -0.2) is 0 Å². The van der Waals surface area contributed by atoms with Gasteiger partial charge in [0.15, 0.2) is 0 Å². The minimum atomic E-state index is -1.12. The Kier molecular flexibility index (Phi) is 4.53. The number of nitrogens with one attached hydrogen (secondary N) is 1. The second-order valence-corrected chi connectivity index (χ2v) is 6.36. The lowest BCUT2D eigenvalue weighted by atomic mass is 10.1. The molecule has 3 nitrogen and oxygen atoms in total. The van der Waals surface area contributed by atoms with Crippen LogP contribution in [0.1, 0.15) is 24.0 Å². The summed E-state index contributed by atoms with van der Waals surface area (Å²) in [4.78, 5) is 11.6. The van der Waals surface area contributed by atoms with Gasteiger partial charge >= 0.3 is 0 Å². The third-order valence-electron chi connectivity index (χ3n) is 3.15. The molecule has 18 heavy (non-hydrogen) atoms. The van der Waals surface area contributed by atoms with Crippen molar-refractivity contribution in [3.8, 4) is 0 Å². The Morgan fingerprint density at radius 2 is 2.11 bits per heavy atom. The van der Waals surface area contributed by atoms with Crippen molar-refractivity contribution in [1.82, 2.24) is 5.32 Å². The van der Waals surface area contributed by atoms with Crippen molar-refractivity contribution >= 4 is 16.7 Å². The van der Waals surface area contributed by atoms with E-state index in [2.05, 4.69) is 5.32 Å². The summed E-state index contributed by atoms with van der Waals surface area (Å²) < 4.78 is 11.9. The van der Waals surface area contributed by atoms with Crippen LogP contribution in [0.2, 0.25) is 0 Å². The van der Waals surface area contributed by atoms with E-state index in [4.69, 9.17) is 0 Å². The first kappa shape index (κ1) is 13.3. The predicted molar refractivity (Wildman–Crippen MR) is 73.6 cm³/mol. The standard InChI is InChI=1S/C14H19NO2S/c1-11-4-2-3-5-13(11)9-18(17)10-14(16)15-8-12-6-7-12/h2-5,12H,6-10H2,1H3,(H,15,16). The fraction of sp³-hybridized carbons (Fsp3) is 0.500. The molecule has 4 heteroatoms. The zero-order valence-electron chi connectivity index (χ0n) is 10.6. The van der Waals surface area contributed by atoms with Gasteiger partial charge < -0.3 is 5.32 Å². The summed E-state index contributed by atoms with van der Waals surface area (Å²) in [5.74, 6) is 1.15. The van der Waals surface area contributed by atoms with E-state index in [-0.39, 0.29) is 11.7 Å². The van der Waals surface area contributed by atoms with E-state index < -0.39 is 10.8 Å². The highest BCUT2D eigenvalue weighted by Gasteiger charge is 2.21. The second kappa shape index (κ2) is 6.14. The van der Waals surface area contributed by atoms with Gasteiger partial charge in [-0.05, 0) is 36.8 Å². The van der Waals surface area contributed by atoms with Crippen LogP contribution in [-0.2, 0) is 21.3 Å². The fourth-order valence-electron chi connectivity index (χ4n) is 1.77. The molecule has 1 atom stereocenters. The van der Waals surface area contributed by atoms with Gasteiger partial charge in [-0.2, -0.15) is 0 Å². The Morgan fingerprint density at radius 1 is 1.39 bits per heavy atom. The number of carbonyl (C=O) groups is 1. The molecule has 1 aliphatic carbocycles. The average Bonchev–Trinajstić information content (AvgIpc) is 3.13. The van der Waals surface area contributed by atoms with Crippen molar-refractivity contribution in [2.45, 2.75) is 25.5 Å². The summed E-state index contributed by atoms with van der Waals surface area (Å²) in [6.45, 7) is 2.75. The van der Waals surface area contributed by atoms with Gasteiger partial charge in [-0.3, -0.25) is 9.00 Å². The fourth-order valence-corrected chi connectivity index (χ4v) is 2.94. The number of carbonyl (C=O) groups excluding carboxylic acids is 1. The monoisotopic (exact) mass is 265 g/mol. The Labute approximate surface area is 110 Å². The predicted octanol–water partition coefficient (Wildman–Crippen LogP) is 1.77. The van der Waals surface area contributed by atoms with E-state index >= 15 is 0 Å². The average molecular weight is 265 g/mol. The van der Waals surface area contributed by atoms with Crippen LogP contribution in [-0.4, -0.2) is 22.4 Å². The smallest absolute Gasteiger partial charge is 0.232 e. The van der Waals surface area contributed by atoms with E-state index in [1.165, 1.54) is 12.8 Å². The lowest BCUT2D eigenvalue weighted by Crippen LogP contribution is -2.30. The van der Waals surface area contributed by atoms with Gasteiger partial charge in [0.05, 0.1) is 0 Å². The zero-order valence-corrected chi connectivity index (χ0v) is 11.5. The van der Waals surface area contributed by atoms with Crippen molar-refractivity contribution < 1.29 is 9.00 Å². The van der Waals surface area contributed by atoms with E-state index in [1.807, 2.05) is 31.2 Å². The van der Waals surface area contributed by atoms with Crippen molar-refractivity contribution in [2.75, 3.05) is 12.3 Å². The number of amides is 1. The Balaban J connectivity index is 1.77. The molecular weight excluding hydrogens is 246 g/mol. The summed E-state index contributed by atoms with van der Waals surface area (Å²) in [6, 6.07) is 7.87. The molecule has 0 bridgehead atoms. The Hall–Kier alpha value is -1.16. The summed E-state index contributed by atoms with van der Waals surface area (Å²) in [5, 5.41) is 2.84. The lowest BCUT2D eigenvalue weighted by Gasteiger charge is -2.06. The molecule has 1 amide bonds. The van der Waals surface area contributed by atoms with Gasteiger partial charge in [0.25, 0.3) is 0 Å². The number of hydrogen-bond donors (Lipinski definition) is 1. The molecule has 0 aromatic heterocycles. The van der Waals surface area contributed by atoms with Crippen LogP contribution in [0.5, 0.6) is 0 Å². The second-order valence-electron chi connectivity index (χ2n) is 4.90. The molecule has 0 aliphatic heterocycles. The third kappa shape index (κ3) is 4.26. The van der Waals surface area contributed by atoms with Crippen LogP contribution in [0.4, 0.5) is 0 Å². The largest absolute Gasteiger partial charge is 0.355 e. The van der Waals surface area contributed by atoms with Crippen LogP contribution in [0.3, 0.4) is 0 Å². The third-order valence-corrected chi connectivity index (χ3v) is 4.37. The van der Waals surface area contributed by atoms with Gasteiger partial charge in [0, 0.05) is 23.1 Å². The molecule has 98 valence electrons. The molecule has 0 saturated heterocycles. The molecule has 1 saturated carbocycles. The summed E-state index contributed by atoms with van der Waals surface area (Å²) >= 11 is 0. The maximum atomic E-state index is 11.9. The molecular formula is C14H19NO2S. The minimum Gasteiger partial charge on any atom is -0.355 e. The van der Waals surface area contributed by atoms with E-state index in [0.29, 0.717) is 11.7 Å².